The maximum Gasteiger partial charge on any atom is 0.338 e. The minimum absolute atomic E-state index is 0.281. The lowest BCUT2D eigenvalue weighted by atomic mass is 9.83. The van der Waals surface area contributed by atoms with Crippen LogP contribution in [0.3, 0.4) is 0 Å². The zero-order valence-electron chi connectivity index (χ0n) is 9.82. The molecule has 0 aromatic rings. The van der Waals surface area contributed by atoms with Crippen LogP contribution in [0.1, 0.15) is 46.5 Å². The molecule has 0 amide bonds. The highest BCUT2D eigenvalue weighted by atomic mass is 16.5. The van der Waals surface area contributed by atoms with Crippen molar-refractivity contribution in [2.75, 3.05) is 6.61 Å². The van der Waals surface area contributed by atoms with Gasteiger partial charge in [0, 0.05) is 0 Å². The molecule has 0 aromatic heterocycles. The Bertz CT molecular complexity index is 183. The van der Waals surface area contributed by atoms with Gasteiger partial charge in [-0.1, -0.05) is 13.8 Å². The van der Waals surface area contributed by atoms with Gasteiger partial charge in [0.05, 0.1) is 12.7 Å². The number of ether oxygens (including phenoxy) is 1. The van der Waals surface area contributed by atoms with Crippen LogP contribution in [0.2, 0.25) is 0 Å². The Morgan fingerprint density at radius 2 is 1.87 bits per heavy atom. The van der Waals surface area contributed by atoms with Crippen molar-refractivity contribution in [2.45, 2.75) is 58.2 Å². The summed E-state index contributed by atoms with van der Waals surface area (Å²) in [7, 11) is 0. The summed E-state index contributed by atoms with van der Waals surface area (Å²) in [5.41, 5.74) is -1.35. The predicted molar refractivity (Wildman–Crippen MR) is 57.4 cm³/mol. The van der Waals surface area contributed by atoms with Gasteiger partial charge in [0.1, 0.15) is 0 Å². The summed E-state index contributed by atoms with van der Waals surface area (Å²) in [4.78, 5) is 11.3. The fourth-order valence-corrected chi connectivity index (χ4v) is 1.55. The quantitative estimate of drug-likeness (QED) is 0.684. The highest BCUT2D eigenvalue weighted by Crippen LogP contribution is 2.29. The summed E-state index contributed by atoms with van der Waals surface area (Å²) in [5, 5.41) is 19.0. The average Bonchev–Trinajstić information content (AvgIpc) is 2.26. The van der Waals surface area contributed by atoms with Gasteiger partial charge < -0.3 is 14.9 Å². The molecule has 0 heterocycles. The van der Waals surface area contributed by atoms with Crippen molar-refractivity contribution < 1.29 is 19.7 Å². The lowest BCUT2D eigenvalue weighted by Gasteiger charge is -2.31. The van der Waals surface area contributed by atoms with Gasteiger partial charge in [0.2, 0.25) is 0 Å². The fraction of sp³-hybridized carbons (Fsp3) is 0.909. The normalized spacial score (nSPS) is 30.1. The molecule has 1 rings (SSSR count). The van der Waals surface area contributed by atoms with E-state index < -0.39 is 11.6 Å². The maximum atomic E-state index is 11.3. The molecule has 1 aliphatic carbocycles. The van der Waals surface area contributed by atoms with Crippen LogP contribution in [0.15, 0.2) is 0 Å². The minimum atomic E-state index is -1.35. The lowest BCUT2D eigenvalue weighted by molar-refractivity contribution is -0.170. The number of hydrogen-bond donors (Lipinski definition) is 2. The van der Waals surface area contributed by atoms with E-state index in [0.717, 1.165) is 0 Å². The molecule has 0 atom stereocenters. The maximum absolute atomic E-state index is 11.3. The smallest absolute Gasteiger partial charge is 0.338 e. The summed E-state index contributed by atoms with van der Waals surface area (Å²) in [5.74, 6) is -0.554. The van der Waals surface area contributed by atoms with E-state index in [4.69, 9.17) is 4.74 Å². The van der Waals surface area contributed by atoms with Crippen molar-refractivity contribution in [1.29, 1.82) is 0 Å². The van der Waals surface area contributed by atoms with Gasteiger partial charge in [-0.25, -0.2) is 4.79 Å². The standard InChI is InChI=1S/C9H16O4.C2H6/c1-2-13-8(11)9(12)5-3-7(10)4-6-9;1-2/h7,10,12H,2-6H2,1H3;1-2H3. The highest BCUT2D eigenvalue weighted by molar-refractivity contribution is 5.79. The van der Waals surface area contributed by atoms with E-state index >= 15 is 0 Å². The molecule has 4 nitrogen and oxygen atoms in total. The molecule has 0 spiro atoms. The van der Waals surface area contributed by atoms with E-state index in [1.807, 2.05) is 13.8 Å². The molecule has 0 saturated heterocycles. The zero-order chi connectivity index (χ0) is 11.9. The van der Waals surface area contributed by atoms with Gasteiger partial charge in [0.25, 0.3) is 0 Å². The van der Waals surface area contributed by atoms with Gasteiger partial charge >= 0.3 is 5.97 Å². The van der Waals surface area contributed by atoms with Crippen LogP contribution in [0.5, 0.6) is 0 Å². The fourth-order valence-electron chi connectivity index (χ4n) is 1.55. The monoisotopic (exact) mass is 218 g/mol. The first-order chi connectivity index (χ1) is 7.08. The summed E-state index contributed by atoms with van der Waals surface area (Å²) < 4.78 is 4.75. The Hall–Kier alpha value is -0.610. The van der Waals surface area contributed by atoms with Crippen LogP contribution in [-0.2, 0) is 9.53 Å². The number of carbonyl (C=O) groups is 1. The van der Waals surface area contributed by atoms with E-state index in [2.05, 4.69) is 0 Å². The second kappa shape index (κ2) is 6.80. The Morgan fingerprint density at radius 3 is 2.27 bits per heavy atom. The average molecular weight is 218 g/mol. The SMILES string of the molecule is CC.CCOC(=O)C1(O)CCC(O)CC1. The Kier molecular flexibility index (Phi) is 6.52. The minimum Gasteiger partial charge on any atom is -0.464 e. The molecule has 0 bridgehead atoms. The summed E-state index contributed by atoms with van der Waals surface area (Å²) in [6.45, 7) is 5.99. The molecule has 1 fully saturated rings. The summed E-state index contributed by atoms with van der Waals surface area (Å²) in [6, 6.07) is 0. The number of esters is 1. The van der Waals surface area contributed by atoms with Crippen LogP contribution in [0.25, 0.3) is 0 Å². The molecular formula is C11H22O4. The third-order valence-corrected chi connectivity index (χ3v) is 2.44. The molecule has 0 aliphatic heterocycles. The molecule has 0 unspecified atom stereocenters. The molecule has 2 N–H and O–H groups in total. The molecule has 15 heavy (non-hydrogen) atoms. The van der Waals surface area contributed by atoms with E-state index in [1.54, 1.807) is 6.92 Å². The van der Waals surface area contributed by atoms with Gasteiger partial charge in [-0.3, -0.25) is 0 Å². The largest absolute Gasteiger partial charge is 0.464 e. The third kappa shape index (κ3) is 4.18. The number of aliphatic hydroxyl groups is 2. The van der Waals surface area contributed by atoms with Gasteiger partial charge in [-0.15, -0.1) is 0 Å². The summed E-state index contributed by atoms with van der Waals surface area (Å²) in [6.07, 6.45) is 1.15. The van der Waals surface area contributed by atoms with Gasteiger partial charge in [0.15, 0.2) is 5.60 Å². The highest BCUT2D eigenvalue weighted by Gasteiger charge is 2.40. The second-order valence-corrected chi connectivity index (χ2v) is 3.48. The van der Waals surface area contributed by atoms with E-state index in [9.17, 15) is 15.0 Å². The van der Waals surface area contributed by atoms with Gasteiger partial charge in [-0.05, 0) is 32.6 Å². The van der Waals surface area contributed by atoms with E-state index in [1.165, 1.54) is 0 Å². The van der Waals surface area contributed by atoms with Crippen LogP contribution < -0.4 is 0 Å². The van der Waals surface area contributed by atoms with Gasteiger partial charge in [-0.2, -0.15) is 0 Å². The number of hydrogen-bond acceptors (Lipinski definition) is 4. The van der Waals surface area contributed by atoms with Crippen molar-refractivity contribution in [2.24, 2.45) is 0 Å². The van der Waals surface area contributed by atoms with Crippen LogP contribution >= 0.6 is 0 Å². The molecular weight excluding hydrogens is 196 g/mol. The number of aliphatic hydroxyl groups excluding tert-OH is 1. The second-order valence-electron chi connectivity index (χ2n) is 3.48. The van der Waals surface area contributed by atoms with Crippen LogP contribution in [0.4, 0.5) is 0 Å². The predicted octanol–water partition coefficient (Wildman–Crippen LogP) is 1.24. The molecule has 0 radical (unpaired) electrons. The lowest BCUT2D eigenvalue weighted by Crippen LogP contribution is -2.44. The number of carbonyl (C=O) groups excluding carboxylic acids is 1. The third-order valence-electron chi connectivity index (χ3n) is 2.44. The number of rotatable bonds is 2. The molecule has 0 aromatic carbocycles. The first-order valence-corrected chi connectivity index (χ1v) is 5.66. The van der Waals surface area contributed by atoms with Crippen molar-refractivity contribution in [3.05, 3.63) is 0 Å². The molecule has 90 valence electrons. The zero-order valence-corrected chi connectivity index (χ0v) is 9.82. The van der Waals surface area contributed by atoms with Crippen molar-refractivity contribution >= 4 is 5.97 Å². The summed E-state index contributed by atoms with van der Waals surface area (Å²) >= 11 is 0. The van der Waals surface area contributed by atoms with Crippen molar-refractivity contribution in [1.82, 2.24) is 0 Å². The van der Waals surface area contributed by atoms with Crippen molar-refractivity contribution in [3.8, 4) is 0 Å². The topological polar surface area (TPSA) is 66.8 Å². The Morgan fingerprint density at radius 1 is 1.40 bits per heavy atom. The van der Waals surface area contributed by atoms with Crippen molar-refractivity contribution in [3.63, 3.8) is 0 Å². The van der Waals surface area contributed by atoms with E-state index in [0.29, 0.717) is 25.7 Å². The van der Waals surface area contributed by atoms with Crippen LogP contribution in [-0.4, -0.2) is 34.5 Å². The van der Waals surface area contributed by atoms with E-state index in [-0.39, 0.29) is 12.7 Å². The molecule has 4 heteroatoms. The first-order valence-electron chi connectivity index (χ1n) is 5.66. The van der Waals surface area contributed by atoms with Crippen LogP contribution in [0, 0.1) is 0 Å². The molecule has 1 aliphatic rings. The Balaban J connectivity index is 0.000000921. The molecule has 1 saturated carbocycles. The first kappa shape index (κ1) is 14.4. The Labute approximate surface area is 91.3 Å².